The van der Waals surface area contributed by atoms with Crippen LogP contribution in [-0.2, 0) is 16.1 Å². The van der Waals surface area contributed by atoms with Crippen molar-refractivity contribution in [3.05, 3.63) is 95.3 Å². The molecule has 0 radical (unpaired) electrons. The van der Waals surface area contributed by atoms with Crippen molar-refractivity contribution in [2.75, 3.05) is 36.5 Å². The molecular formula is C31H34FN5O3. The zero-order valence-corrected chi connectivity index (χ0v) is 22.8. The Bertz CT molecular complexity index is 1390. The highest BCUT2D eigenvalue weighted by Gasteiger charge is 2.54. The normalized spacial score (nSPS) is 16.4. The van der Waals surface area contributed by atoms with Crippen LogP contribution in [0.4, 0.5) is 20.6 Å². The molecule has 2 N–H and O–H groups in total. The molecule has 2 fully saturated rings. The molecule has 0 unspecified atom stereocenters. The summed E-state index contributed by atoms with van der Waals surface area (Å²) in [6, 6.07) is 21.3. The number of likely N-dealkylation sites (tertiary alicyclic amines) is 1. The van der Waals surface area contributed by atoms with Gasteiger partial charge in [-0.2, -0.15) is 0 Å². The van der Waals surface area contributed by atoms with E-state index in [2.05, 4.69) is 15.5 Å². The van der Waals surface area contributed by atoms with Crippen LogP contribution in [-0.4, -0.2) is 59.5 Å². The summed E-state index contributed by atoms with van der Waals surface area (Å²) in [6.45, 7) is 5.26. The molecule has 208 valence electrons. The van der Waals surface area contributed by atoms with Gasteiger partial charge in [-0.1, -0.05) is 42.5 Å². The number of benzene rings is 3. The van der Waals surface area contributed by atoms with Crippen molar-refractivity contribution in [3.8, 4) is 0 Å². The molecule has 40 heavy (non-hydrogen) atoms. The molecule has 3 aromatic carbocycles. The van der Waals surface area contributed by atoms with E-state index < -0.39 is 5.54 Å². The van der Waals surface area contributed by atoms with Crippen LogP contribution in [0.5, 0.6) is 0 Å². The average molecular weight is 544 g/mol. The molecule has 0 aliphatic carbocycles. The van der Waals surface area contributed by atoms with E-state index in [0.717, 1.165) is 28.1 Å². The number of hydrogen-bond acceptors (Lipinski definition) is 4. The second-order valence-electron chi connectivity index (χ2n) is 10.5. The van der Waals surface area contributed by atoms with Gasteiger partial charge >= 0.3 is 6.03 Å². The summed E-state index contributed by atoms with van der Waals surface area (Å²) in [7, 11) is 0. The van der Waals surface area contributed by atoms with Gasteiger partial charge in [-0.25, -0.2) is 9.18 Å². The molecule has 8 nitrogen and oxygen atoms in total. The van der Waals surface area contributed by atoms with E-state index in [1.165, 1.54) is 12.1 Å². The molecule has 0 saturated carbocycles. The lowest BCUT2D eigenvalue weighted by molar-refractivity contribution is -0.137. The number of para-hydroxylation sites is 1. The van der Waals surface area contributed by atoms with Crippen LogP contribution in [0.1, 0.15) is 29.5 Å². The van der Waals surface area contributed by atoms with Crippen molar-refractivity contribution in [1.82, 2.24) is 15.1 Å². The summed E-state index contributed by atoms with van der Waals surface area (Å²) in [4.78, 5) is 45.2. The lowest BCUT2D eigenvalue weighted by Gasteiger charge is -2.43. The topological polar surface area (TPSA) is 85.0 Å². The van der Waals surface area contributed by atoms with Gasteiger partial charge in [0.2, 0.25) is 5.91 Å². The van der Waals surface area contributed by atoms with Gasteiger partial charge in [-0.05, 0) is 73.7 Å². The van der Waals surface area contributed by atoms with Crippen LogP contribution >= 0.6 is 0 Å². The van der Waals surface area contributed by atoms with Gasteiger partial charge in [0.15, 0.2) is 0 Å². The number of aryl methyl sites for hydroxylation is 1. The first-order chi connectivity index (χ1) is 19.3. The summed E-state index contributed by atoms with van der Waals surface area (Å²) in [5, 5.41) is 5.85. The molecule has 2 heterocycles. The highest BCUT2D eigenvalue weighted by atomic mass is 19.1. The van der Waals surface area contributed by atoms with E-state index in [9.17, 15) is 18.8 Å². The monoisotopic (exact) mass is 543 g/mol. The van der Waals surface area contributed by atoms with Gasteiger partial charge in [-0.15, -0.1) is 0 Å². The standard InChI is InChI=1S/C31H34FN5O3/c1-22-7-6-10-27(23(22)2)34-30(40)35-17-15-31(16-18-35)29(39)36(21-37(31)26-8-4-3-5-9-26)20-28(38)33-19-24-11-13-25(32)14-12-24/h3-14H,15-21H2,1-2H3,(H,33,38)(H,34,40). The van der Waals surface area contributed by atoms with Crippen molar-refractivity contribution in [2.24, 2.45) is 0 Å². The zero-order valence-electron chi connectivity index (χ0n) is 22.8. The number of carbonyl (C=O) groups is 3. The summed E-state index contributed by atoms with van der Waals surface area (Å²) in [6.07, 6.45) is 0.906. The molecule has 5 rings (SSSR count). The summed E-state index contributed by atoms with van der Waals surface area (Å²) in [5.41, 5.74) is 3.75. The molecule has 3 aromatic rings. The third kappa shape index (κ3) is 5.50. The van der Waals surface area contributed by atoms with Crippen LogP contribution in [0.3, 0.4) is 0 Å². The van der Waals surface area contributed by atoms with E-state index >= 15 is 0 Å². The number of halogens is 1. The quantitative estimate of drug-likeness (QED) is 0.482. The van der Waals surface area contributed by atoms with Crippen molar-refractivity contribution < 1.29 is 18.8 Å². The maximum absolute atomic E-state index is 13.9. The number of carbonyl (C=O) groups excluding carboxylic acids is 3. The first-order valence-corrected chi connectivity index (χ1v) is 13.5. The molecule has 2 aliphatic heterocycles. The SMILES string of the molecule is Cc1cccc(NC(=O)N2CCC3(CC2)C(=O)N(CC(=O)NCc2ccc(F)cc2)CN3c2ccccc2)c1C. The number of urea groups is 1. The Hall–Kier alpha value is -4.40. The Morgan fingerprint density at radius 3 is 2.33 bits per heavy atom. The van der Waals surface area contributed by atoms with E-state index in [0.29, 0.717) is 25.9 Å². The van der Waals surface area contributed by atoms with E-state index in [4.69, 9.17) is 0 Å². The fourth-order valence-electron chi connectivity index (χ4n) is 5.52. The Kier molecular flexibility index (Phi) is 7.73. The second-order valence-corrected chi connectivity index (χ2v) is 10.5. The van der Waals surface area contributed by atoms with Crippen LogP contribution in [0.25, 0.3) is 0 Å². The lowest BCUT2D eigenvalue weighted by Crippen LogP contribution is -2.58. The summed E-state index contributed by atoms with van der Waals surface area (Å²) >= 11 is 0. The van der Waals surface area contributed by atoms with Crippen LogP contribution < -0.4 is 15.5 Å². The van der Waals surface area contributed by atoms with Crippen LogP contribution in [0.15, 0.2) is 72.8 Å². The molecule has 9 heteroatoms. The van der Waals surface area contributed by atoms with E-state index in [1.54, 1.807) is 21.9 Å². The van der Waals surface area contributed by atoms with Gasteiger partial charge in [0.1, 0.15) is 17.9 Å². The minimum Gasteiger partial charge on any atom is -0.350 e. The number of piperidine rings is 1. The van der Waals surface area contributed by atoms with Gasteiger partial charge in [0, 0.05) is 31.0 Å². The maximum atomic E-state index is 13.9. The van der Waals surface area contributed by atoms with Crippen molar-refractivity contribution in [3.63, 3.8) is 0 Å². The highest BCUT2D eigenvalue weighted by molar-refractivity contribution is 5.97. The average Bonchev–Trinajstić information content (AvgIpc) is 3.22. The Morgan fingerprint density at radius 1 is 0.925 bits per heavy atom. The van der Waals surface area contributed by atoms with Crippen LogP contribution in [0.2, 0.25) is 0 Å². The molecule has 1 spiro atoms. The Balaban J connectivity index is 1.27. The third-order valence-corrected chi connectivity index (χ3v) is 8.04. The molecule has 2 aliphatic rings. The fraction of sp³-hybridized carbons (Fsp3) is 0.323. The molecule has 2 saturated heterocycles. The number of amides is 4. The smallest absolute Gasteiger partial charge is 0.321 e. The predicted octanol–water partition coefficient (Wildman–Crippen LogP) is 4.43. The van der Waals surface area contributed by atoms with Crippen molar-refractivity contribution in [1.29, 1.82) is 0 Å². The maximum Gasteiger partial charge on any atom is 0.321 e. The van der Waals surface area contributed by atoms with E-state index in [-0.39, 0.29) is 43.4 Å². The van der Waals surface area contributed by atoms with Gasteiger partial charge in [0.25, 0.3) is 5.91 Å². The first-order valence-electron chi connectivity index (χ1n) is 13.5. The number of nitrogens with one attached hydrogen (secondary N) is 2. The van der Waals surface area contributed by atoms with Gasteiger partial charge in [-0.3, -0.25) is 9.59 Å². The minimum atomic E-state index is -0.839. The molecule has 4 amide bonds. The number of hydrogen-bond donors (Lipinski definition) is 2. The minimum absolute atomic E-state index is 0.0814. The molecular weight excluding hydrogens is 509 g/mol. The summed E-state index contributed by atoms with van der Waals surface area (Å²) < 4.78 is 13.2. The highest BCUT2D eigenvalue weighted by Crippen LogP contribution is 2.39. The lowest BCUT2D eigenvalue weighted by atomic mass is 9.85. The number of anilines is 2. The molecule has 0 atom stereocenters. The first kappa shape index (κ1) is 27.2. The largest absolute Gasteiger partial charge is 0.350 e. The number of rotatable bonds is 6. The van der Waals surface area contributed by atoms with Gasteiger partial charge < -0.3 is 25.3 Å². The van der Waals surface area contributed by atoms with E-state index in [1.807, 2.05) is 62.4 Å². The zero-order chi connectivity index (χ0) is 28.3. The molecule has 0 bridgehead atoms. The number of nitrogens with zero attached hydrogens (tertiary/aromatic N) is 3. The van der Waals surface area contributed by atoms with Gasteiger partial charge in [0.05, 0.1) is 6.67 Å². The summed E-state index contributed by atoms with van der Waals surface area (Å²) in [5.74, 6) is -0.728. The van der Waals surface area contributed by atoms with Crippen molar-refractivity contribution >= 4 is 29.2 Å². The van der Waals surface area contributed by atoms with Crippen molar-refractivity contribution in [2.45, 2.75) is 38.8 Å². The Morgan fingerprint density at radius 2 is 1.62 bits per heavy atom. The third-order valence-electron chi connectivity index (χ3n) is 8.04. The van der Waals surface area contributed by atoms with Crippen LogP contribution in [0, 0.1) is 19.7 Å². The predicted molar refractivity (Wildman–Crippen MR) is 152 cm³/mol. The molecule has 0 aromatic heterocycles. The fourth-order valence-corrected chi connectivity index (χ4v) is 5.52. The second kappa shape index (κ2) is 11.4. The Labute approximate surface area is 233 Å².